The van der Waals surface area contributed by atoms with E-state index in [0.29, 0.717) is 54.0 Å². The maximum Gasteiger partial charge on any atom is 0.410 e. The third-order valence-electron chi connectivity index (χ3n) is 7.27. The number of amides is 3. The zero-order valence-corrected chi connectivity index (χ0v) is 28.5. The molecule has 2 aromatic carbocycles. The van der Waals surface area contributed by atoms with Gasteiger partial charge in [-0.1, -0.05) is 30.3 Å². The number of carbonyl (C=O) groups excluding carboxylic acids is 3. The van der Waals surface area contributed by atoms with Gasteiger partial charge < -0.3 is 40.1 Å². The fraction of sp³-hybridized carbons (Fsp3) is 0.364. The van der Waals surface area contributed by atoms with E-state index in [1.165, 1.54) is 31.2 Å². The number of fused-ring (bicyclic) bond motifs is 1. The normalized spacial score (nSPS) is 12.1. The standard InChI is InChI=1S/C33H41ClN8O5/c1-9-28(44)36-24-17-25(27(46-8)18-26(24)40(6)15-16-41(7)32(45)47-33(3,4)5)38-31-35-19-22(34)30(39-31)37-23-12-10-11-21-13-14-42(20(2)43)29(21)23/h9-12,17-19H,1,13-16H2,2-8H3,(H,36,44)(H2,35,37,38,39). The van der Waals surface area contributed by atoms with E-state index in [4.69, 9.17) is 21.1 Å². The lowest BCUT2D eigenvalue weighted by molar-refractivity contribution is -0.116. The SMILES string of the molecule is C=CC(=O)Nc1cc(Nc2ncc(Cl)c(Nc3cccc4c3N(C(C)=O)CC4)n2)c(OC)cc1N(C)CCN(C)C(=O)OC(C)(C)C. The highest BCUT2D eigenvalue weighted by Crippen LogP contribution is 2.40. The van der Waals surface area contributed by atoms with Crippen LogP contribution in [0.1, 0.15) is 33.3 Å². The average Bonchev–Trinajstić information content (AvgIpc) is 3.46. The van der Waals surface area contributed by atoms with Gasteiger partial charge in [-0.15, -0.1) is 0 Å². The molecule has 0 saturated heterocycles. The lowest BCUT2D eigenvalue weighted by Gasteiger charge is -2.28. The molecule has 0 bridgehead atoms. The number of halogens is 1. The van der Waals surface area contributed by atoms with E-state index in [2.05, 4.69) is 32.5 Å². The summed E-state index contributed by atoms with van der Waals surface area (Å²) in [6.45, 7) is 11.9. The number of likely N-dealkylation sites (N-methyl/N-ethyl adjacent to an activating group) is 2. The van der Waals surface area contributed by atoms with Gasteiger partial charge in [0.25, 0.3) is 0 Å². The van der Waals surface area contributed by atoms with Crippen molar-refractivity contribution in [2.24, 2.45) is 0 Å². The van der Waals surface area contributed by atoms with Crippen molar-refractivity contribution in [3.05, 3.63) is 59.8 Å². The Morgan fingerprint density at radius 2 is 1.85 bits per heavy atom. The minimum absolute atomic E-state index is 0.0512. The molecule has 3 N–H and O–H groups in total. The Labute approximate surface area is 279 Å². The monoisotopic (exact) mass is 664 g/mol. The van der Waals surface area contributed by atoms with Gasteiger partial charge in [-0.25, -0.2) is 9.78 Å². The predicted molar refractivity (Wildman–Crippen MR) is 186 cm³/mol. The summed E-state index contributed by atoms with van der Waals surface area (Å²) in [5.74, 6) is 0.510. The molecule has 1 aromatic heterocycles. The highest BCUT2D eigenvalue weighted by Gasteiger charge is 2.26. The highest BCUT2D eigenvalue weighted by atomic mass is 35.5. The molecule has 13 nitrogen and oxygen atoms in total. The average molecular weight is 665 g/mol. The largest absolute Gasteiger partial charge is 0.494 e. The Morgan fingerprint density at radius 3 is 2.51 bits per heavy atom. The maximum absolute atomic E-state index is 12.5. The molecule has 0 radical (unpaired) electrons. The molecule has 2 heterocycles. The van der Waals surface area contributed by atoms with Crippen molar-refractivity contribution in [2.45, 2.75) is 39.7 Å². The number of nitrogens with zero attached hydrogens (tertiary/aromatic N) is 5. The Morgan fingerprint density at radius 1 is 1.11 bits per heavy atom. The van der Waals surface area contributed by atoms with Crippen molar-refractivity contribution in [2.75, 3.05) is 66.6 Å². The van der Waals surface area contributed by atoms with E-state index in [9.17, 15) is 14.4 Å². The molecule has 4 rings (SSSR count). The summed E-state index contributed by atoms with van der Waals surface area (Å²) in [5.41, 5.74) is 3.48. The molecular formula is C33H41ClN8O5. The number of hydrogen-bond acceptors (Lipinski definition) is 10. The van der Waals surface area contributed by atoms with Gasteiger partial charge >= 0.3 is 6.09 Å². The van der Waals surface area contributed by atoms with Crippen LogP contribution in [0.5, 0.6) is 5.75 Å². The van der Waals surface area contributed by atoms with Gasteiger partial charge in [-0.2, -0.15) is 4.98 Å². The Kier molecular flexibility index (Phi) is 10.8. The fourth-order valence-corrected chi connectivity index (χ4v) is 5.06. The molecule has 3 amide bonds. The van der Waals surface area contributed by atoms with Crippen LogP contribution in [0.3, 0.4) is 0 Å². The molecule has 14 heteroatoms. The van der Waals surface area contributed by atoms with Crippen molar-refractivity contribution in [1.29, 1.82) is 0 Å². The molecular weight excluding hydrogens is 624 g/mol. The summed E-state index contributed by atoms with van der Waals surface area (Å²) < 4.78 is 11.2. The third kappa shape index (κ3) is 8.61. The van der Waals surface area contributed by atoms with Crippen molar-refractivity contribution < 1.29 is 23.9 Å². The second-order valence-corrected chi connectivity index (χ2v) is 12.4. The summed E-state index contributed by atoms with van der Waals surface area (Å²) in [7, 11) is 5.02. The second-order valence-electron chi connectivity index (χ2n) is 12.0. The molecule has 1 aliphatic heterocycles. The van der Waals surface area contributed by atoms with Crippen LogP contribution in [0, 0.1) is 0 Å². The van der Waals surface area contributed by atoms with E-state index in [1.54, 1.807) is 24.1 Å². The van der Waals surface area contributed by atoms with Crippen LogP contribution in [0.25, 0.3) is 0 Å². The molecule has 0 spiro atoms. The Balaban J connectivity index is 1.61. The van der Waals surface area contributed by atoms with Gasteiger partial charge in [0, 0.05) is 46.7 Å². The fourth-order valence-electron chi connectivity index (χ4n) is 4.92. The van der Waals surface area contributed by atoms with Crippen molar-refractivity contribution in [1.82, 2.24) is 14.9 Å². The smallest absolute Gasteiger partial charge is 0.410 e. The first-order valence-electron chi connectivity index (χ1n) is 15.0. The van der Waals surface area contributed by atoms with Crippen molar-refractivity contribution in [3.8, 4) is 5.75 Å². The maximum atomic E-state index is 12.5. The molecule has 3 aromatic rings. The molecule has 0 atom stereocenters. The van der Waals surface area contributed by atoms with Crippen LogP contribution in [0.2, 0.25) is 5.02 Å². The number of aromatic nitrogens is 2. The van der Waals surface area contributed by atoms with E-state index in [0.717, 1.165) is 17.7 Å². The minimum atomic E-state index is -0.613. The van der Waals surface area contributed by atoms with Gasteiger partial charge in [-0.3, -0.25) is 9.59 Å². The van der Waals surface area contributed by atoms with Crippen LogP contribution >= 0.6 is 11.6 Å². The first-order chi connectivity index (χ1) is 22.2. The first-order valence-corrected chi connectivity index (χ1v) is 15.4. The molecule has 1 aliphatic rings. The van der Waals surface area contributed by atoms with E-state index < -0.39 is 17.6 Å². The molecule has 250 valence electrons. The number of carbonyl (C=O) groups is 3. The number of rotatable bonds is 11. The van der Waals surface area contributed by atoms with Crippen LogP contribution < -0.4 is 30.5 Å². The van der Waals surface area contributed by atoms with Crippen molar-refractivity contribution >= 4 is 69.7 Å². The zero-order valence-electron chi connectivity index (χ0n) is 27.7. The van der Waals surface area contributed by atoms with E-state index in [-0.39, 0.29) is 16.9 Å². The zero-order chi connectivity index (χ0) is 34.5. The molecule has 0 unspecified atom stereocenters. The number of methoxy groups -OCH3 is 1. The highest BCUT2D eigenvalue weighted by molar-refractivity contribution is 6.33. The second kappa shape index (κ2) is 14.6. The summed E-state index contributed by atoms with van der Waals surface area (Å²) in [6, 6.07) is 9.23. The lowest BCUT2D eigenvalue weighted by atomic mass is 10.1. The number of para-hydroxylation sites is 1. The molecule has 0 fully saturated rings. The van der Waals surface area contributed by atoms with Gasteiger partial charge in [0.2, 0.25) is 17.8 Å². The Hall–Kier alpha value is -5.04. The number of anilines is 7. The van der Waals surface area contributed by atoms with E-state index in [1.807, 2.05) is 50.9 Å². The summed E-state index contributed by atoms with van der Waals surface area (Å²) in [6.07, 6.45) is 2.95. The predicted octanol–water partition coefficient (Wildman–Crippen LogP) is 5.96. The van der Waals surface area contributed by atoms with Gasteiger partial charge in [-0.05, 0) is 51.0 Å². The molecule has 0 aliphatic carbocycles. The topological polar surface area (TPSA) is 141 Å². The number of ether oxygens (including phenoxy) is 2. The quantitative estimate of drug-likeness (QED) is 0.210. The van der Waals surface area contributed by atoms with Crippen LogP contribution in [0.15, 0.2) is 49.2 Å². The summed E-state index contributed by atoms with van der Waals surface area (Å²) in [5, 5.41) is 9.55. The number of nitrogens with one attached hydrogen (secondary N) is 3. The van der Waals surface area contributed by atoms with E-state index >= 15 is 0 Å². The van der Waals surface area contributed by atoms with Crippen LogP contribution in [-0.2, 0) is 20.7 Å². The van der Waals surface area contributed by atoms with Crippen molar-refractivity contribution in [3.63, 3.8) is 0 Å². The van der Waals surface area contributed by atoms with Crippen LogP contribution in [-0.4, -0.2) is 79.2 Å². The molecule has 47 heavy (non-hydrogen) atoms. The summed E-state index contributed by atoms with van der Waals surface area (Å²) >= 11 is 6.50. The van der Waals surface area contributed by atoms with Gasteiger partial charge in [0.05, 0.1) is 41.7 Å². The first kappa shape index (κ1) is 34.8. The van der Waals surface area contributed by atoms with Gasteiger partial charge in [0.1, 0.15) is 16.4 Å². The lowest BCUT2D eigenvalue weighted by Crippen LogP contribution is -2.38. The minimum Gasteiger partial charge on any atom is -0.494 e. The van der Waals surface area contributed by atoms with Gasteiger partial charge in [0.15, 0.2) is 5.82 Å². The molecule has 0 saturated carbocycles. The number of benzene rings is 2. The number of hydrogen-bond donors (Lipinski definition) is 3. The summed E-state index contributed by atoms with van der Waals surface area (Å²) in [4.78, 5) is 51.2. The third-order valence-corrected chi connectivity index (χ3v) is 7.54. The van der Waals surface area contributed by atoms with Crippen LogP contribution in [0.4, 0.5) is 45.0 Å². The Bertz CT molecular complexity index is 1680.